The molecule has 2 aliphatic carbocycles. The number of anilines is 3. The normalized spacial score (nSPS) is 13.0. The first-order chi connectivity index (χ1) is 30.3. The SMILES string of the molecule is c1ccc2c(c1)-c1ccccc1C21c2ccccc2-c2ccc(N(c3ccc(-c4cccc5ccccc45)cc3)c3ccc(-c4cccc5c4sc4ccccc45)cc3)cc21. The van der Waals surface area contributed by atoms with Crippen LogP contribution < -0.4 is 4.90 Å². The highest BCUT2D eigenvalue weighted by Crippen LogP contribution is 2.63. The van der Waals surface area contributed by atoms with Crippen molar-refractivity contribution >= 4 is 59.3 Å². The van der Waals surface area contributed by atoms with E-state index in [1.165, 1.54) is 97.7 Å². The van der Waals surface area contributed by atoms with Crippen LogP contribution in [0.5, 0.6) is 0 Å². The molecule has 11 aromatic rings. The highest BCUT2D eigenvalue weighted by atomic mass is 32.1. The Labute approximate surface area is 359 Å². The average Bonchev–Trinajstić information content (AvgIpc) is 3.96. The predicted molar refractivity (Wildman–Crippen MR) is 259 cm³/mol. The Morgan fingerprint density at radius 2 is 0.770 bits per heavy atom. The molecule has 10 aromatic carbocycles. The van der Waals surface area contributed by atoms with Crippen LogP contribution in [0.4, 0.5) is 17.1 Å². The van der Waals surface area contributed by atoms with Gasteiger partial charge in [-0.05, 0) is 120 Å². The molecule has 1 aromatic heterocycles. The van der Waals surface area contributed by atoms with Crippen molar-refractivity contribution in [2.45, 2.75) is 5.41 Å². The lowest BCUT2D eigenvalue weighted by Gasteiger charge is -2.32. The maximum atomic E-state index is 2.48. The highest BCUT2D eigenvalue weighted by molar-refractivity contribution is 7.26. The van der Waals surface area contributed by atoms with Gasteiger partial charge in [-0.1, -0.05) is 182 Å². The van der Waals surface area contributed by atoms with Gasteiger partial charge in [-0.3, -0.25) is 0 Å². The van der Waals surface area contributed by atoms with Crippen molar-refractivity contribution in [3.63, 3.8) is 0 Å². The largest absolute Gasteiger partial charge is 0.310 e. The Morgan fingerprint density at radius 3 is 1.44 bits per heavy atom. The lowest BCUT2D eigenvalue weighted by molar-refractivity contribution is 0.793. The van der Waals surface area contributed by atoms with Gasteiger partial charge in [0.1, 0.15) is 0 Å². The highest BCUT2D eigenvalue weighted by Gasteiger charge is 2.51. The minimum atomic E-state index is -0.425. The molecule has 2 heteroatoms. The summed E-state index contributed by atoms with van der Waals surface area (Å²) in [6.07, 6.45) is 0. The second-order valence-electron chi connectivity index (χ2n) is 16.4. The lowest BCUT2D eigenvalue weighted by atomic mass is 9.70. The third-order valence-corrected chi connectivity index (χ3v) is 14.5. The lowest BCUT2D eigenvalue weighted by Crippen LogP contribution is -2.26. The fourth-order valence-electron chi connectivity index (χ4n) is 10.7. The topological polar surface area (TPSA) is 3.24 Å². The molecule has 2 aliphatic rings. The Morgan fingerprint density at radius 1 is 0.311 bits per heavy atom. The summed E-state index contributed by atoms with van der Waals surface area (Å²) >= 11 is 1.88. The van der Waals surface area contributed by atoms with Gasteiger partial charge < -0.3 is 4.90 Å². The molecule has 0 radical (unpaired) electrons. The zero-order chi connectivity index (χ0) is 40.1. The smallest absolute Gasteiger partial charge is 0.0726 e. The molecule has 0 N–H and O–H groups in total. The van der Waals surface area contributed by atoms with Crippen molar-refractivity contribution in [1.82, 2.24) is 0 Å². The molecule has 284 valence electrons. The van der Waals surface area contributed by atoms with Gasteiger partial charge in [0, 0.05) is 37.2 Å². The van der Waals surface area contributed by atoms with Crippen molar-refractivity contribution < 1.29 is 0 Å². The molecule has 0 fully saturated rings. The number of thiophene rings is 1. The summed E-state index contributed by atoms with van der Waals surface area (Å²) in [5.41, 5.74) is 18.5. The molecule has 0 saturated carbocycles. The maximum Gasteiger partial charge on any atom is 0.0726 e. The third-order valence-electron chi connectivity index (χ3n) is 13.3. The quantitative estimate of drug-likeness (QED) is 0.168. The van der Waals surface area contributed by atoms with E-state index in [0.29, 0.717) is 0 Å². The van der Waals surface area contributed by atoms with Gasteiger partial charge >= 0.3 is 0 Å². The zero-order valence-electron chi connectivity index (χ0n) is 33.2. The van der Waals surface area contributed by atoms with Gasteiger partial charge in [-0.25, -0.2) is 0 Å². The molecular formula is C59H37NS. The first-order valence-corrected chi connectivity index (χ1v) is 21.9. The van der Waals surface area contributed by atoms with Crippen molar-refractivity contribution in [3.8, 4) is 44.5 Å². The van der Waals surface area contributed by atoms with Crippen LogP contribution >= 0.6 is 11.3 Å². The van der Waals surface area contributed by atoms with Crippen molar-refractivity contribution in [1.29, 1.82) is 0 Å². The van der Waals surface area contributed by atoms with Crippen LogP contribution in [0.1, 0.15) is 22.3 Å². The van der Waals surface area contributed by atoms with E-state index in [-0.39, 0.29) is 0 Å². The molecular weight excluding hydrogens is 755 g/mol. The van der Waals surface area contributed by atoms with Crippen LogP contribution in [-0.2, 0) is 5.41 Å². The molecule has 1 heterocycles. The van der Waals surface area contributed by atoms with Crippen molar-refractivity contribution in [3.05, 3.63) is 247 Å². The van der Waals surface area contributed by atoms with Gasteiger partial charge in [0.25, 0.3) is 0 Å². The average molecular weight is 792 g/mol. The Kier molecular flexibility index (Phi) is 7.46. The fraction of sp³-hybridized carbons (Fsp3) is 0.0169. The van der Waals surface area contributed by atoms with Gasteiger partial charge in [-0.15, -0.1) is 11.3 Å². The van der Waals surface area contributed by atoms with E-state index in [4.69, 9.17) is 0 Å². The summed E-state index contributed by atoms with van der Waals surface area (Å²) in [5.74, 6) is 0. The first kappa shape index (κ1) is 34.4. The van der Waals surface area contributed by atoms with E-state index in [1.807, 2.05) is 11.3 Å². The summed E-state index contributed by atoms with van der Waals surface area (Å²) in [7, 11) is 0. The Hall–Kier alpha value is -7.52. The first-order valence-electron chi connectivity index (χ1n) is 21.1. The third kappa shape index (κ3) is 4.94. The number of benzene rings is 10. The molecule has 0 saturated heterocycles. The minimum Gasteiger partial charge on any atom is -0.310 e. The van der Waals surface area contributed by atoms with Crippen LogP contribution in [0.2, 0.25) is 0 Å². The zero-order valence-corrected chi connectivity index (χ0v) is 34.0. The van der Waals surface area contributed by atoms with Crippen LogP contribution in [0.15, 0.2) is 224 Å². The van der Waals surface area contributed by atoms with E-state index in [9.17, 15) is 0 Å². The van der Waals surface area contributed by atoms with Crippen LogP contribution in [0.25, 0.3) is 75.5 Å². The number of hydrogen-bond acceptors (Lipinski definition) is 2. The monoisotopic (exact) mass is 791 g/mol. The fourth-order valence-corrected chi connectivity index (χ4v) is 11.9. The summed E-state index contributed by atoms with van der Waals surface area (Å²) in [6.45, 7) is 0. The number of fused-ring (bicyclic) bond motifs is 14. The van der Waals surface area contributed by atoms with Gasteiger partial charge in [0.2, 0.25) is 0 Å². The van der Waals surface area contributed by atoms with E-state index in [2.05, 4.69) is 229 Å². The van der Waals surface area contributed by atoms with E-state index >= 15 is 0 Å². The summed E-state index contributed by atoms with van der Waals surface area (Å²) in [4.78, 5) is 2.44. The van der Waals surface area contributed by atoms with E-state index in [1.54, 1.807) is 0 Å². The Balaban J connectivity index is 1.00. The van der Waals surface area contributed by atoms with Crippen LogP contribution in [0.3, 0.4) is 0 Å². The molecule has 13 rings (SSSR count). The van der Waals surface area contributed by atoms with Crippen LogP contribution in [-0.4, -0.2) is 0 Å². The molecule has 0 amide bonds. The van der Waals surface area contributed by atoms with E-state index in [0.717, 1.165) is 17.1 Å². The van der Waals surface area contributed by atoms with Crippen molar-refractivity contribution in [2.24, 2.45) is 0 Å². The van der Waals surface area contributed by atoms with Gasteiger partial charge in [-0.2, -0.15) is 0 Å². The van der Waals surface area contributed by atoms with Crippen molar-refractivity contribution in [2.75, 3.05) is 4.90 Å². The molecule has 0 atom stereocenters. The number of rotatable bonds is 5. The molecule has 0 bridgehead atoms. The predicted octanol–water partition coefficient (Wildman–Crippen LogP) is 16.4. The summed E-state index contributed by atoms with van der Waals surface area (Å²) in [6, 6.07) is 83.5. The standard InChI is InChI=1S/C59H37NS/c1-2-15-44-38(13-1)14-11-20-45(44)39-27-31-41(32-28-39)60(42-33-29-40(30-34-42)46-21-12-22-52-51-19-6-10-26-57(51)61-58(46)52)43-35-36-50-49-18-5-9-25-55(49)59(56(50)37-43)53-23-7-3-16-47(53)48-17-4-8-24-54(48)59/h1-37H. The number of hydrogen-bond donors (Lipinski definition) is 0. The molecule has 0 unspecified atom stereocenters. The second-order valence-corrected chi connectivity index (χ2v) is 17.4. The van der Waals surface area contributed by atoms with Crippen LogP contribution in [0, 0.1) is 0 Å². The second kappa shape index (κ2) is 13.2. The molecule has 1 nitrogen and oxygen atoms in total. The number of nitrogens with zero attached hydrogens (tertiary/aromatic N) is 1. The molecule has 0 aliphatic heterocycles. The van der Waals surface area contributed by atoms with Gasteiger partial charge in [0.15, 0.2) is 0 Å². The Bertz CT molecular complexity index is 3470. The maximum absolute atomic E-state index is 2.48. The summed E-state index contributed by atoms with van der Waals surface area (Å²) < 4.78 is 2.65. The molecule has 1 spiro atoms. The minimum absolute atomic E-state index is 0.425. The summed E-state index contributed by atoms with van der Waals surface area (Å²) in [5, 5.41) is 5.15. The molecule has 61 heavy (non-hydrogen) atoms. The van der Waals surface area contributed by atoms with Gasteiger partial charge in [0.05, 0.1) is 5.41 Å². The van der Waals surface area contributed by atoms with E-state index < -0.39 is 5.41 Å².